The fraction of sp³-hybridized carbons (Fsp3) is 0. The number of halogens is 1. The molecule has 0 aliphatic carbocycles. The number of furan rings is 1. The first-order valence-electron chi connectivity index (χ1n) is 9.63. The van der Waals surface area contributed by atoms with Crippen LogP contribution in [0.5, 0.6) is 0 Å². The van der Waals surface area contributed by atoms with Crippen LogP contribution in [0.4, 0.5) is 10.7 Å². The Morgan fingerprint density at radius 1 is 1.09 bits per heavy atom. The van der Waals surface area contributed by atoms with Crippen LogP contribution < -0.4 is 10.9 Å². The molecule has 0 aliphatic rings. The van der Waals surface area contributed by atoms with Gasteiger partial charge in [-0.3, -0.25) is 4.79 Å². The van der Waals surface area contributed by atoms with Crippen LogP contribution in [0, 0.1) is 0 Å². The Balaban J connectivity index is 1.49. The number of aromatic amines is 1. The number of hydrogen-bond acceptors (Lipinski definition) is 7. The average molecular weight is 521 g/mol. The van der Waals surface area contributed by atoms with E-state index in [0.29, 0.717) is 16.0 Å². The quantitative estimate of drug-likeness (QED) is 0.260. The number of aromatic nitrogens is 3. The molecule has 0 spiro atoms. The Morgan fingerprint density at radius 2 is 1.97 bits per heavy atom. The van der Waals surface area contributed by atoms with Gasteiger partial charge in [-0.25, -0.2) is 9.97 Å². The number of fused-ring (bicyclic) bond motifs is 2. The van der Waals surface area contributed by atoms with Gasteiger partial charge in [-0.2, -0.15) is 0 Å². The number of nitrogens with one attached hydrogen (secondary N) is 2. The molecule has 9 heteroatoms. The summed E-state index contributed by atoms with van der Waals surface area (Å²) in [5, 5.41) is 7.99. The normalized spacial score (nSPS) is 11.4. The van der Waals surface area contributed by atoms with Crippen molar-refractivity contribution in [1.82, 2.24) is 15.0 Å². The molecular formula is C23H13BrN4O2S2. The van der Waals surface area contributed by atoms with E-state index in [1.54, 1.807) is 0 Å². The smallest absolute Gasteiger partial charge is 0.268 e. The number of benzene rings is 2. The van der Waals surface area contributed by atoms with Gasteiger partial charge in [-0.1, -0.05) is 34.1 Å². The maximum Gasteiger partial charge on any atom is 0.268 e. The van der Waals surface area contributed by atoms with Gasteiger partial charge in [-0.15, -0.1) is 22.7 Å². The summed E-state index contributed by atoms with van der Waals surface area (Å²) >= 11 is 6.36. The van der Waals surface area contributed by atoms with E-state index in [9.17, 15) is 4.79 Å². The fourth-order valence-corrected chi connectivity index (χ4v) is 5.88. The molecule has 6 nitrogen and oxygen atoms in total. The molecule has 6 aromatic rings. The summed E-state index contributed by atoms with van der Waals surface area (Å²) in [6.07, 6.45) is 1.43. The molecule has 0 saturated carbocycles. The van der Waals surface area contributed by atoms with E-state index in [4.69, 9.17) is 9.40 Å². The molecule has 0 atom stereocenters. The Labute approximate surface area is 197 Å². The predicted octanol–water partition coefficient (Wildman–Crippen LogP) is 7.03. The SMILES string of the molecule is O=c1[nH]cnc2c(-c3nc(-c4cc5cc(Br)ccc5o4)cs3)c(Nc3ccccc3)sc12. The van der Waals surface area contributed by atoms with Crippen LogP contribution >= 0.6 is 38.6 Å². The topological polar surface area (TPSA) is 83.8 Å². The summed E-state index contributed by atoms with van der Waals surface area (Å²) < 4.78 is 7.57. The second-order valence-corrected chi connectivity index (χ2v) is 9.83. The van der Waals surface area contributed by atoms with Crippen molar-refractivity contribution in [2.45, 2.75) is 0 Å². The number of hydrogen-bond donors (Lipinski definition) is 2. The van der Waals surface area contributed by atoms with Crippen LogP contribution in [0.2, 0.25) is 0 Å². The van der Waals surface area contributed by atoms with Crippen molar-refractivity contribution >= 4 is 70.5 Å². The lowest BCUT2D eigenvalue weighted by Crippen LogP contribution is -2.03. The molecule has 2 aromatic carbocycles. The monoisotopic (exact) mass is 520 g/mol. The third-order valence-corrected chi connectivity index (χ3v) is 7.41. The highest BCUT2D eigenvalue weighted by Crippen LogP contribution is 2.44. The number of para-hydroxylation sites is 1. The van der Waals surface area contributed by atoms with Gasteiger partial charge in [0.15, 0.2) is 5.76 Å². The van der Waals surface area contributed by atoms with Gasteiger partial charge < -0.3 is 14.7 Å². The van der Waals surface area contributed by atoms with Gasteiger partial charge in [0, 0.05) is 20.9 Å². The Morgan fingerprint density at radius 3 is 2.84 bits per heavy atom. The number of thiophene rings is 1. The lowest BCUT2D eigenvalue weighted by Gasteiger charge is -2.05. The molecule has 0 saturated heterocycles. The van der Waals surface area contributed by atoms with Crippen LogP contribution in [0.15, 0.2) is 80.0 Å². The summed E-state index contributed by atoms with van der Waals surface area (Å²) in [4.78, 5) is 24.4. The molecule has 2 N–H and O–H groups in total. The van der Waals surface area contributed by atoms with Gasteiger partial charge in [0.2, 0.25) is 0 Å². The highest BCUT2D eigenvalue weighted by molar-refractivity contribution is 9.10. The van der Waals surface area contributed by atoms with Crippen LogP contribution in [-0.4, -0.2) is 15.0 Å². The minimum Gasteiger partial charge on any atom is -0.454 e. The van der Waals surface area contributed by atoms with Crippen molar-refractivity contribution < 1.29 is 4.42 Å². The molecule has 0 fully saturated rings. The first-order valence-corrected chi connectivity index (χ1v) is 12.1. The molecular weight excluding hydrogens is 508 g/mol. The molecule has 0 radical (unpaired) electrons. The van der Waals surface area contributed by atoms with E-state index < -0.39 is 0 Å². The molecule has 0 aliphatic heterocycles. The lowest BCUT2D eigenvalue weighted by atomic mass is 10.2. The van der Waals surface area contributed by atoms with Gasteiger partial charge in [0.25, 0.3) is 5.56 Å². The van der Waals surface area contributed by atoms with Crippen LogP contribution in [0.25, 0.3) is 43.2 Å². The zero-order valence-electron chi connectivity index (χ0n) is 16.3. The van der Waals surface area contributed by atoms with Crippen LogP contribution in [-0.2, 0) is 0 Å². The summed E-state index contributed by atoms with van der Waals surface area (Å²) in [6.45, 7) is 0. The molecule has 6 rings (SSSR count). The van der Waals surface area contributed by atoms with Crippen LogP contribution in [0.3, 0.4) is 0 Å². The number of anilines is 2. The highest BCUT2D eigenvalue weighted by Gasteiger charge is 2.21. The molecule has 4 heterocycles. The molecule has 0 unspecified atom stereocenters. The van der Waals surface area contributed by atoms with E-state index >= 15 is 0 Å². The molecule has 0 bridgehead atoms. The van der Waals surface area contributed by atoms with Crippen molar-refractivity contribution in [3.05, 3.63) is 81.1 Å². The zero-order valence-corrected chi connectivity index (χ0v) is 19.5. The first kappa shape index (κ1) is 19.4. The second kappa shape index (κ2) is 7.70. The Kier molecular flexibility index (Phi) is 4.67. The predicted molar refractivity (Wildman–Crippen MR) is 134 cm³/mol. The van der Waals surface area contributed by atoms with Crippen molar-refractivity contribution in [3.63, 3.8) is 0 Å². The van der Waals surface area contributed by atoms with Crippen molar-refractivity contribution in [3.8, 4) is 22.0 Å². The van der Waals surface area contributed by atoms with E-state index in [-0.39, 0.29) is 5.56 Å². The maximum atomic E-state index is 12.4. The average Bonchev–Trinajstić information content (AvgIpc) is 3.51. The van der Waals surface area contributed by atoms with Gasteiger partial charge in [0.1, 0.15) is 31.5 Å². The number of thiazole rings is 1. The van der Waals surface area contributed by atoms with Crippen molar-refractivity contribution in [1.29, 1.82) is 0 Å². The summed E-state index contributed by atoms with van der Waals surface area (Å²) in [7, 11) is 0. The maximum absolute atomic E-state index is 12.4. The molecule has 4 aromatic heterocycles. The molecule has 0 amide bonds. The van der Waals surface area contributed by atoms with Crippen LogP contribution in [0.1, 0.15) is 0 Å². The number of H-pyrrole nitrogens is 1. The molecule has 32 heavy (non-hydrogen) atoms. The Bertz CT molecular complexity index is 1650. The standard InChI is InChI=1S/C23H13BrN4O2S2/c24-13-6-7-16-12(8-13)9-17(30-16)15-10-31-22(28-15)18-19-20(21(29)26-11-25-19)32-23(18)27-14-4-2-1-3-5-14/h1-11,27H,(H,25,26,29). The van der Waals surface area contributed by atoms with Crippen molar-refractivity contribution in [2.75, 3.05) is 5.32 Å². The largest absolute Gasteiger partial charge is 0.454 e. The van der Waals surface area contributed by atoms with Gasteiger partial charge in [-0.05, 0) is 36.4 Å². The van der Waals surface area contributed by atoms with E-state index in [1.807, 2.05) is 60.0 Å². The third kappa shape index (κ3) is 3.35. The minimum absolute atomic E-state index is 0.165. The highest BCUT2D eigenvalue weighted by atomic mass is 79.9. The van der Waals surface area contributed by atoms with E-state index in [0.717, 1.165) is 42.4 Å². The van der Waals surface area contributed by atoms with E-state index in [1.165, 1.54) is 29.0 Å². The van der Waals surface area contributed by atoms with Gasteiger partial charge >= 0.3 is 0 Å². The van der Waals surface area contributed by atoms with Gasteiger partial charge in [0.05, 0.1) is 11.9 Å². The zero-order chi connectivity index (χ0) is 21.7. The lowest BCUT2D eigenvalue weighted by molar-refractivity contribution is 0.629. The summed E-state index contributed by atoms with van der Waals surface area (Å²) in [5.74, 6) is 0.698. The first-order chi connectivity index (χ1) is 15.7. The second-order valence-electron chi connectivity index (χ2n) is 7.04. The minimum atomic E-state index is -0.165. The number of nitrogens with zero attached hydrogens (tertiary/aromatic N) is 2. The number of rotatable bonds is 4. The third-order valence-electron chi connectivity index (χ3n) is 4.96. The molecule has 156 valence electrons. The summed E-state index contributed by atoms with van der Waals surface area (Å²) in [6, 6.07) is 17.7. The summed E-state index contributed by atoms with van der Waals surface area (Å²) in [5.41, 5.74) is 3.76. The fourth-order valence-electron chi connectivity index (χ4n) is 3.50. The van der Waals surface area contributed by atoms with E-state index in [2.05, 4.69) is 31.2 Å². The Hall–Kier alpha value is -3.27. The van der Waals surface area contributed by atoms with Crippen molar-refractivity contribution in [2.24, 2.45) is 0 Å².